The Hall–Kier alpha value is -3.56. The summed E-state index contributed by atoms with van der Waals surface area (Å²) in [7, 11) is 0. The zero-order valence-electron chi connectivity index (χ0n) is 15.5. The molecule has 30 heavy (non-hydrogen) atoms. The fourth-order valence-electron chi connectivity index (χ4n) is 3.01. The number of hydrogen-bond acceptors (Lipinski definition) is 5. The lowest BCUT2D eigenvalue weighted by atomic mass is 10.0. The Bertz CT molecular complexity index is 942. The first-order valence-corrected chi connectivity index (χ1v) is 8.84. The fraction of sp³-hybridized carbons (Fsp3) is 0.250. The van der Waals surface area contributed by atoms with Gasteiger partial charge in [0, 0.05) is 18.7 Å². The molecule has 1 atom stereocenters. The molecule has 1 aliphatic rings. The molecule has 1 saturated heterocycles. The molecule has 158 valence electrons. The third kappa shape index (κ3) is 5.28. The summed E-state index contributed by atoms with van der Waals surface area (Å²) in [6.07, 6.45) is -4.82. The molecule has 2 amide bonds. The van der Waals surface area contributed by atoms with Crippen LogP contribution in [0.25, 0.3) is 0 Å². The van der Waals surface area contributed by atoms with Gasteiger partial charge < -0.3 is 20.1 Å². The molecule has 0 aliphatic carbocycles. The molecular formula is C20H17F3N2O5. The molecule has 3 rings (SSSR count). The first-order valence-electron chi connectivity index (χ1n) is 8.84. The predicted octanol–water partition coefficient (Wildman–Crippen LogP) is 2.57. The Morgan fingerprint density at radius 3 is 2.20 bits per heavy atom. The van der Waals surface area contributed by atoms with Crippen LogP contribution >= 0.6 is 0 Å². The van der Waals surface area contributed by atoms with Crippen LogP contribution in [0.15, 0.2) is 48.5 Å². The van der Waals surface area contributed by atoms with Crippen LogP contribution in [0, 0.1) is 5.92 Å². The molecule has 10 heteroatoms. The molecule has 0 radical (unpaired) electrons. The largest absolute Gasteiger partial charge is 0.573 e. The molecule has 1 fully saturated rings. The third-order valence-corrected chi connectivity index (χ3v) is 4.45. The van der Waals surface area contributed by atoms with E-state index in [-0.39, 0.29) is 31.2 Å². The lowest BCUT2D eigenvalue weighted by Crippen LogP contribution is -2.32. The number of nitrogens with zero attached hydrogens (tertiary/aromatic N) is 1. The fourth-order valence-corrected chi connectivity index (χ4v) is 3.01. The quantitative estimate of drug-likeness (QED) is 0.692. The minimum Gasteiger partial charge on any atom is -0.489 e. The van der Waals surface area contributed by atoms with E-state index >= 15 is 0 Å². The van der Waals surface area contributed by atoms with Crippen LogP contribution in [0.2, 0.25) is 0 Å². The number of ketones is 1. The molecule has 1 aliphatic heterocycles. The van der Waals surface area contributed by atoms with Gasteiger partial charge in [0.05, 0.1) is 5.92 Å². The van der Waals surface area contributed by atoms with Gasteiger partial charge in [-0.3, -0.25) is 14.4 Å². The number of halogens is 3. The van der Waals surface area contributed by atoms with Gasteiger partial charge in [-0.25, -0.2) is 0 Å². The summed E-state index contributed by atoms with van der Waals surface area (Å²) in [4.78, 5) is 36.2. The molecule has 0 aromatic heterocycles. The number of carbonyl (C=O) groups excluding carboxylic acids is 3. The molecule has 2 aromatic carbocycles. The van der Waals surface area contributed by atoms with Gasteiger partial charge in [0.1, 0.15) is 18.1 Å². The van der Waals surface area contributed by atoms with Crippen molar-refractivity contribution in [3.05, 3.63) is 54.1 Å². The Balaban J connectivity index is 1.57. The lowest BCUT2D eigenvalue weighted by Gasteiger charge is -2.17. The number of primary amides is 1. The Labute approximate surface area is 169 Å². The summed E-state index contributed by atoms with van der Waals surface area (Å²) in [5.41, 5.74) is 6.17. The molecule has 0 saturated carbocycles. The van der Waals surface area contributed by atoms with Crippen molar-refractivity contribution in [1.29, 1.82) is 0 Å². The van der Waals surface area contributed by atoms with Crippen LogP contribution < -0.4 is 20.1 Å². The minimum atomic E-state index is -4.75. The number of amides is 2. The van der Waals surface area contributed by atoms with E-state index in [1.165, 1.54) is 29.2 Å². The second kappa shape index (κ2) is 8.44. The number of ether oxygens (including phenoxy) is 2. The normalized spacial score (nSPS) is 16.4. The number of rotatable bonds is 7. The van der Waals surface area contributed by atoms with E-state index in [4.69, 9.17) is 10.5 Å². The smallest absolute Gasteiger partial charge is 0.489 e. The van der Waals surface area contributed by atoms with Gasteiger partial charge in [-0.1, -0.05) is 12.1 Å². The highest BCUT2D eigenvalue weighted by Gasteiger charge is 2.37. The number of benzene rings is 2. The number of anilines is 1. The summed E-state index contributed by atoms with van der Waals surface area (Å²) in [6, 6.07) is 11.8. The topological polar surface area (TPSA) is 98.9 Å². The number of carbonyl (C=O) groups is 3. The summed E-state index contributed by atoms with van der Waals surface area (Å²) in [5.74, 6) is -2.71. The predicted molar refractivity (Wildman–Crippen MR) is 98.6 cm³/mol. The summed E-state index contributed by atoms with van der Waals surface area (Å²) in [6.45, 7) is 0.191. The van der Waals surface area contributed by atoms with Gasteiger partial charge in [0.15, 0.2) is 0 Å². The Kier molecular flexibility index (Phi) is 5.95. The van der Waals surface area contributed by atoms with E-state index in [0.717, 1.165) is 0 Å². The maximum Gasteiger partial charge on any atom is 0.573 e. The Morgan fingerprint density at radius 1 is 1.03 bits per heavy atom. The van der Waals surface area contributed by atoms with E-state index in [1.807, 2.05) is 0 Å². The summed E-state index contributed by atoms with van der Waals surface area (Å²) in [5, 5.41) is 0. The molecule has 0 bridgehead atoms. The van der Waals surface area contributed by atoms with Gasteiger partial charge in [-0.2, -0.15) is 0 Å². The highest BCUT2D eigenvalue weighted by atomic mass is 19.4. The molecule has 2 aromatic rings. The Morgan fingerprint density at radius 2 is 1.63 bits per heavy atom. The van der Waals surface area contributed by atoms with Crippen molar-refractivity contribution >= 4 is 23.3 Å². The second-order valence-electron chi connectivity index (χ2n) is 6.61. The van der Waals surface area contributed by atoms with Crippen molar-refractivity contribution in [2.24, 2.45) is 11.7 Å². The number of nitrogens with two attached hydrogens (primary N) is 1. The highest BCUT2D eigenvalue weighted by Crippen LogP contribution is 2.28. The van der Waals surface area contributed by atoms with Crippen molar-refractivity contribution in [1.82, 2.24) is 0 Å². The number of Topliss-reactive ketones (excluding diaryl/α,β-unsaturated/α-hetero) is 1. The molecule has 2 N–H and O–H groups in total. The number of hydrogen-bond donors (Lipinski definition) is 1. The highest BCUT2D eigenvalue weighted by molar-refractivity contribution is 6.37. The lowest BCUT2D eigenvalue weighted by molar-refractivity contribution is -0.274. The standard InChI is InChI=1S/C20H17F3N2O5/c21-20(22,23)30-16-5-1-12(2-6-16)11-29-15-7-3-14(4-8-15)25-10-13(9-17(25)26)18(27)19(24)28/h1-8,13H,9-11H2,(H2,24,28). The van der Waals surface area contributed by atoms with Gasteiger partial charge in [-0.05, 0) is 42.0 Å². The van der Waals surface area contributed by atoms with Gasteiger partial charge in [0.2, 0.25) is 11.7 Å². The van der Waals surface area contributed by atoms with Gasteiger partial charge in [-0.15, -0.1) is 13.2 Å². The number of alkyl halides is 3. The van der Waals surface area contributed by atoms with E-state index in [2.05, 4.69) is 4.74 Å². The van der Waals surface area contributed by atoms with Crippen LogP contribution in [-0.4, -0.2) is 30.5 Å². The molecule has 1 heterocycles. The van der Waals surface area contributed by atoms with Crippen LogP contribution in [0.1, 0.15) is 12.0 Å². The van der Waals surface area contributed by atoms with Crippen molar-refractivity contribution in [2.45, 2.75) is 19.4 Å². The average Bonchev–Trinajstić information content (AvgIpc) is 3.07. The van der Waals surface area contributed by atoms with Crippen LogP contribution in [-0.2, 0) is 21.0 Å². The van der Waals surface area contributed by atoms with Gasteiger partial charge >= 0.3 is 6.36 Å². The van der Waals surface area contributed by atoms with E-state index in [9.17, 15) is 27.6 Å². The van der Waals surface area contributed by atoms with E-state index in [1.54, 1.807) is 24.3 Å². The van der Waals surface area contributed by atoms with Crippen molar-refractivity contribution in [3.8, 4) is 11.5 Å². The third-order valence-electron chi connectivity index (χ3n) is 4.45. The summed E-state index contributed by atoms with van der Waals surface area (Å²) < 4.78 is 45.9. The van der Waals surface area contributed by atoms with Crippen LogP contribution in [0.4, 0.5) is 18.9 Å². The van der Waals surface area contributed by atoms with Crippen molar-refractivity contribution in [2.75, 3.05) is 11.4 Å². The van der Waals surface area contributed by atoms with E-state index < -0.39 is 24.0 Å². The molecular weight excluding hydrogens is 405 g/mol. The van der Waals surface area contributed by atoms with Crippen LogP contribution in [0.3, 0.4) is 0 Å². The van der Waals surface area contributed by atoms with E-state index in [0.29, 0.717) is 17.0 Å². The first kappa shape index (κ1) is 21.2. The molecule has 1 unspecified atom stereocenters. The SMILES string of the molecule is NC(=O)C(=O)C1CC(=O)N(c2ccc(OCc3ccc(OC(F)(F)F)cc3)cc2)C1. The minimum absolute atomic E-state index is 0.0753. The zero-order valence-corrected chi connectivity index (χ0v) is 15.5. The zero-order chi connectivity index (χ0) is 21.9. The molecule has 0 spiro atoms. The summed E-state index contributed by atoms with van der Waals surface area (Å²) >= 11 is 0. The second-order valence-corrected chi connectivity index (χ2v) is 6.61. The monoisotopic (exact) mass is 422 g/mol. The van der Waals surface area contributed by atoms with Crippen molar-refractivity contribution in [3.63, 3.8) is 0 Å². The van der Waals surface area contributed by atoms with Gasteiger partial charge in [0.25, 0.3) is 5.91 Å². The maximum absolute atomic E-state index is 12.2. The average molecular weight is 422 g/mol. The van der Waals surface area contributed by atoms with Crippen molar-refractivity contribution < 1.29 is 37.0 Å². The molecule has 7 nitrogen and oxygen atoms in total. The van der Waals surface area contributed by atoms with Crippen LogP contribution in [0.5, 0.6) is 11.5 Å². The maximum atomic E-state index is 12.2. The first-order chi connectivity index (χ1) is 14.1.